The molecule has 5 atom stereocenters. The molecule has 356 valence electrons. The zero-order valence-electron chi connectivity index (χ0n) is 39.5. The fraction of sp³-hybridized carbons (Fsp3) is 0.412. The Morgan fingerprint density at radius 2 is 1.67 bits per heavy atom. The van der Waals surface area contributed by atoms with Gasteiger partial charge in [0, 0.05) is 49.1 Å². The maximum Gasteiger partial charge on any atom is 0.438 e. The minimum Gasteiger partial charge on any atom is -0.376 e. The number of rotatable bonds is 7. The van der Waals surface area contributed by atoms with Crippen LogP contribution in [0.5, 0.6) is 0 Å². The van der Waals surface area contributed by atoms with Crippen molar-refractivity contribution in [3.05, 3.63) is 139 Å². The number of halogens is 2. The van der Waals surface area contributed by atoms with Crippen LogP contribution < -0.4 is 11.4 Å². The highest BCUT2D eigenvalue weighted by atomic mass is 19.1. The Bertz CT molecular complexity index is 3540. The van der Waals surface area contributed by atoms with Gasteiger partial charge in [-0.05, 0) is 138 Å². The average molecular weight is 939 g/mol. The molecule has 5 aromatic heterocycles. The first-order chi connectivity index (χ1) is 33.0. The summed E-state index contributed by atoms with van der Waals surface area (Å²) in [6, 6.07) is 14.2. The van der Waals surface area contributed by atoms with Gasteiger partial charge in [-0.15, -0.1) is 0 Å². The molecule has 69 heavy (non-hydrogen) atoms. The minimum atomic E-state index is -1.09. The van der Waals surface area contributed by atoms with Crippen molar-refractivity contribution in [2.45, 2.75) is 102 Å². The maximum absolute atomic E-state index is 16.3. The summed E-state index contributed by atoms with van der Waals surface area (Å²) in [5, 5.41) is 14.8. The highest BCUT2D eigenvalue weighted by Crippen LogP contribution is 2.57. The van der Waals surface area contributed by atoms with Gasteiger partial charge in [0.1, 0.15) is 34.2 Å². The predicted molar refractivity (Wildman–Crippen MR) is 250 cm³/mol. The second kappa shape index (κ2) is 15.0. The van der Waals surface area contributed by atoms with E-state index < -0.39 is 34.4 Å². The Morgan fingerprint density at radius 1 is 0.913 bits per heavy atom. The number of nitrogens with zero attached hydrogens (tertiary/aromatic N) is 9. The molecule has 0 bridgehead atoms. The van der Waals surface area contributed by atoms with Gasteiger partial charge in [0.2, 0.25) is 0 Å². The van der Waals surface area contributed by atoms with Crippen molar-refractivity contribution in [1.82, 2.24) is 48.3 Å². The maximum atomic E-state index is 16.3. The lowest BCUT2D eigenvalue weighted by molar-refractivity contribution is -0.0592. The molecule has 1 saturated carbocycles. The number of amides is 1. The molecule has 8 heterocycles. The molecule has 2 saturated heterocycles. The van der Waals surface area contributed by atoms with Crippen molar-refractivity contribution >= 4 is 27.7 Å². The monoisotopic (exact) mass is 938 g/mol. The lowest BCUT2D eigenvalue weighted by Gasteiger charge is -2.43. The van der Waals surface area contributed by atoms with E-state index in [1.807, 2.05) is 17.6 Å². The van der Waals surface area contributed by atoms with E-state index in [0.29, 0.717) is 83.4 Å². The fourth-order valence-electron chi connectivity index (χ4n) is 11.9. The van der Waals surface area contributed by atoms with Crippen LogP contribution >= 0.6 is 0 Å². The summed E-state index contributed by atoms with van der Waals surface area (Å²) >= 11 is 0. The predicted octanol–water partition coefficient (Wildman–Crippen LogP) is 7.91. The number of carbonyl (C=O) groups excluding carboxylic acids is 1. The van der Waals surface area contributed by atoms with Gasteiger partial charge < -0.3 is 18.9 Å². The van der Waals surface area contributed by atoms with Gasteiger partial charge in [-0.25, -0.2) is 23.1 Å². The van der Waals surface area contributed by atoms with Crippen molar-refractivity contribution in [2.75, 3.05) is 19.8 Å². The number of fused-ring (bicyclic) bond motifs is 4. The van der Waals surface area contributed by atoms with E-state index in [1.54, 1.807) is 65.6 Å². The van der Waals surface area contributed by atoms with E-state index in [9.17, 15) is 9.59 Å². The highest BCUT2D eigenvalue weighted by molar-refractivity contribution is 6.00. The second-order valence-electron chi connectivity index (χ2n) is 20.3. The summed E-state index contributed by atoms with van der Waals surface area (Å²) in [6.45, 7) is 12.7. The van der Waals surface area contributed by atoms with Gasteiger partial charge in [0.15, 0.2) is 11.6 Å². The number of nitrogens with one attached hydrogen (secondary N) is 1. The van der Waals surface area contributed by atoms with E-state index in [4.69, 9.17) is 19.1 Å². The molecule has 1 spiro atoms. The number of benzene rings is 3. The summed E-state index contributed by atoms with van der Waals surface area (Å²) in [4.78, 5) is 48.2. The lowest BCUT2D eigenvalue weighted by atomic mass is 9.83. The number of hydrogen-bond donors (Lipinski definition) is 1. The first-order valence-electron chi connectivity index (χ1n) is 23.6. The summed E-state index contributed by atoms with van der Waals surface area (Å²) in [5.41, 5.74) is 2.45. The zero-order chi connectivity index (χ0) is 48.1. The standard InChI is InChI=1S/C51H52F2N10O6/c1-27-19-34(20-28(2)41(27)52)63-44(60-16-15-59(48(60)66)38-12-11-37-35(42(38)53)25-54-58(37)7)40-30(4)61(26-50(43(40)56-63)14-8-17-68-50)45(64)39-22-33-21-31(32-13-18-67-49(5,6)24-32)9-10-36(33)62(39)51(23-29(51)3)46-55-47(65)69-57-46/h9-12,15-16,19-22,25,29-30,32H,8,13-14,17-18,23-24,26H2,1-7H3,(H,55,57,65)/t29-,30-,32-,50?,51-/m0/s1. The van der Waals surface area contributed by atoms with Crippen LogP contribution in [0, 0.1) is 31.4 Å². The van der Waals surface area contributed by atoms with Crippen LogP contribution in [0.15, 0.2) is 81.2 Å². The first kappa shape index (κ1) is 43.4. The van der Waals surface area contributed by atoms with Gasteiger partial charge >= 0.3 is 11.4 Å². The van der Waals surface area contributed by atoms with E-state index >= 15 is 13.6 Å². The number of aromatic amines is 1. The molecular formula is C51H52F2N10O6. The average Bonchev–Trinajstić information content (AvgIpc) is 4.08. The van der Waals surface area contributed by atoms with Gasteiger partial charge in [-0.2, -0.15) is 10.2 Å². The molecule has 18 heteroatoms. The Hall–Kier alpha value is -6.92. The smallest absolute Gasteiger partial charge is 0.376 e. The number of hydrogen-bond acceptors (Lipinski definition) is 9. The van der Waals surface area contributed by atoms with Gasteiger partial charge in [-0.3, -0.25) is 28.1 Å². The van der Waals surface area contributed by atoms with Crippen molar-refractivity contribution in [1.29, 1.82) is 0 Å². The van der Waals surface area contributed by atoms with E-state index in [1.165, 1.54) is 21.5 Å². The molecule has 1 aliphatic carbocycles. The van der Waals surface area contributed by atoms with E-state index in [2.05, 4.69) is 54.2 Å². The molecule has 3 fully saturated rings. The summed E-state index contributed by atoms with van der Waals surface area (Å²) in [5.74, 6) is -1.10. The molecule has 3 aliphatic heterocycles. The Kier molecular flexibility index (Phi) is 9.45. The third-order valence-corrected chi connectivity index (χ3v) is 15.5. The van der Waals surface area contributed by atoms with Crippen molar-refractivity contribution in [3.63, 3.8) is 0 Å². The highest BCUT2D eigenvalue weighted by Gasteiger charge is 2.60. The topological polar surface area (TPSA) is 165 Å². The molecule has 8 aromatic rings. The summed E-state index contributed by atoms with van der Waals surface area (Å²) in [6.07, 6.45) is 8.00. The third kappa shape index (κ3) is 6.36. The number of imidazole rings is 1. The molecule has 1 unspecified atom stereocenters. The van der Waals surface area contributed by atoms with Crippen LogP contribution in [0.3, 0.4) is 0 Å². The quantitative estimate of drug-likeness (QED) is 0.167. The summed E-state index contributed by atoms with van der Waals surface area (Å²) < 4.78 is 57.4. The lowest BCUT2D eigenvalue weighted by Crippen LogP contribution is -2.50. The molecule has 16 nitrogen and oxygen atoms in total. The van der Waals surface area contributed by atoms with Gasteiger partial charge in [0.05, 0.1) is 46.7 Å². The molecule has 3 aromatic carbocycles. The largest absolute Gasteiger partial charge is 0.438 e. The number of ether oxygens (including phenoxy) is 2. The molecule has 12 rings (SSSR count). The van der Waals surface area contributed by atoms with Crippen LogP contribution in [0.1, 0.15) is 116 Å². The fourth-order valence-corrected chi connectivity index (χ4v) is 11.9. The molecule has 1 amide bonds. The Balaban J connectivity index is 1.05. The molecule has 4 aliphatic rings. The number of H-pyrrole nitrogens is 1. The number of carbonyl (C=O) groups is 1. The zero-order valence-corrected chi connectivity index (χ0v) is 39.5. The minimum absolute atomic E-state index is 0.0290. The van der Waals surface area contributed by atoms with E-state index in [-0.39, 0.29) is 46.8 Å². The molecular weight excluding hydrogens is 887 g/mol. The normalized spacial score (nSPS) is 24.2. The van der Waals surface area contributed by atoms with Gasteiger partial charge in [0.25, 0.3) is 5.91 Å². The second-order valence-corrected chi connectivity index (χ2v) is 20.3. The van der Waals surface area contributed by atoms with Gasteiger partial charge in [-0.1, -0.05) is 18.1 Å². The van der Waals surface area contributed by atoms with Crippen LogP contribution in [0.25, 0.3) is 39.0 Å². The van der Waals surface area contributed by atoms with Crippen LogP contribution in [0.2, 0.25) is 0 Å². The Morgan fingerprint density at radius 3 is 2.36 bits per heavy atom. The number of aryl methyl sites for hydroxylation is 3. The van der Waals surface area contributed by atoms with Crippen LogP contribution in [-0.4, -0.2) is 79.6 Å². The molecule has 0 radical (unpaired) electrons. The van der Waals surface area contributed by atoms with Crippen molar-refractivity contribution < 1.29 is 27.6 Å². The SMILES string of the molecule is Cc1cc(-n2nc3c(c2-n2ccn(-c4ccc5c(cnn5C)c4F)c2=O)[C@H](C)N(C(=O)c2cc4cc([C@H]5CCOC(C)(C)C5)ccc4n2[C@@]2(c4noc(=O)[nH]4)C[C@@H]2C)CC32CCCO2)cc(C)c1F. The van der Waals surface area contributed by atoms with E-state index in [0.717, 1.165) is 29.3 Å². The van der Waals surface area contributed by atoms with Crippen molar-refractivity contribution in [2.24, 2.45) is 13.0 Å². The van der Waals surface area contributed by atoms with Crippen molar-refractivity contribution in [3.8, 4) is 17.2 Å². The Labute approximate surface area is 394 Å². The summed E-state index contributed by atoms with van der Waals surface area (Å²) in [7, 11) is 1.72. The van der Waals surface area contributed by atoms with Crippen LogP contribution in [-0.2, 0) is 27.7 Å². The molecule has 1 N–H and O–H groups in total. The first-order valence-corrected chi connectivity index (χ1v) is 23.6. The van der Waals surface area contributed by atoms with Crippen LogP contribution in [0.4, 0.5) is 8.78 Å². The third-order valence-electron chi connectivity index (χ3n) is 15.5. The number of aromatic nitrogens is 9.